The quantitative estimate of drug-likeness (QED) is 0.0270. The molecule has 542 valence electrons. The van der Waals surface area contributed by atoms with Gasteiger partial charge in [0.15, 0.2) is 5.71 Å². The molecule has 5 aliphatic heterocycles. The predicted molar refractivity (Wildman–Crippen MR) is 397 cm³/mol. The first-order valence-electron chi connectivity index (χ1n) is 35.5. The van der Waals surface area contributed by atoms with Crippen LogP contribution in [0.4, 0.5) is 28.4 Å². The summed E-state index contributed by atoms with van der Waals surface area (Å²) >= 11 is 0. The first-order valence-corrected chi connectivity index (χ1v) is 38.8. The fourth-order valence-electron chi connectivity index (χ4n) is 14.1. The van der Waals surface area contributed by atoms with Crippen molar-refractivity contribution in [2.45, 2.75) is 104 Å². The lowest BCUT2D eigenvalue weighted by Gasteiger charge is -2.30. The number of allylic oxidation sites excluding steroid dienone is 7. The van der Waals surface area contributed by atoms with Crippen LogP contribution in [-0.4, -0.2) is 186 Å². The molecule has 1 aliphatic carbocycles. The van der Waals surface area contributed by atoms with Crippen molar-refractivity contribution in [2.75, 3.05) is 170 Å². The molecule has 5 heterocycles. The maximum atomic E-state index is 11.8. The number of aryl methyl sites for hydroxylation is 2. The van der Waals surface area contributed by atoms with E-state index in [4.69, 9.17) is 37.9 Å². The number of methoxy groups -OCH3 is 1. The number of unbranched alkanes of at least 4 members (excludes halogenated alkanes) is 2. The van der Waals surface area contributed by atoms with E-state index in [1.165, 1.54) is 11.1 Å². The number of benzene rings is 5. The summed E-state index contributed by atoms with van der Waals surface area (Å²) in [6.07, 6.45) is 13.3. The standard InChI is InChI=1S/C78H104N6O14S2/c1-59-23-28-68-71(55-59)96-45-39-82(40-46-97-72-56-60(2)24-29-69(72)81-37-43-94-50-48-92-41-35-80(68)36-42-93-49-51-95-44-38-81)70-30-25-61(57-73(70)98-52-47-91-7)58-79-76-62(26-31-74-77(3,4)64-19-8-10-21-66(64)83(74)33-12-14-53-99(85,86)87)17-16-18-63(76)27-32-75-78(5,6)65-20-9-11-22-67(65)84(75)34-13-15-54-100(88,89)90/h8-11,19-32,55-57H,12-18,33-54,58H2,1-7H3,(H2,85,86,87,88,89,90)/p+1/b62-26+,74-31+. The minimum atomic E-state index is -4.11. The largest absolute Gasteiger partial charge is 0.490 e. The molecular formula is C78H105N6O14S2+. The van der Waals surface area contributed by atoms with E-state index in [0.717, 1.165) is 104 Å². The topological polar surface area (TPSA) is 211 Å². The van der Waals surface area contributed by atoms with Crippen LogP contribution in [0.25, 0.3) is 0 Å². The van der Waals surface area contributed by atoms with Crippen molar-refractivity contribution in [3.63, 3.8) is 0 Å². The first-order chi connectivity index (χ1) is 48.2. The molecule has 3 N–H and O–H groups in total. The Morgan fingerprint density at radius 3 is 1.72 bits per heavy atom. The molecule has 1 fully saturated rings. The Labute approximate surface area is 593 Å². The Kier molecular flexibility index (Phi) is 26.8. The van der Waals surface area contributed by atoms with Gasteiger partial charge in [0, 0.05) is 93.0 Å². The molecular weight excluding hydrogens is 1310 g/mol. The van der Waals surface area contributed by atoms with Crippen LogP contribution in [0.5, 0.6) is 17.2 Å². The molecule has 0 aromatic heterocycles. The number of ether oxygens (including phenoxy) is 8. The Morgan fingerprint density at radius 1 is 0.570 bits per heavy atom. The van der Waals surface area contributed by atoms with E-state index in [9.17, 15) is 25.9 Å². The molecule has 0 atom stereocenters. The highest BCUT2D eigenvalue weighted by atomic mass is 32.2. The molecule has 5 aromatic rings. The molecule has 22 heteroatoms. The Balaban J connectivity index is 1.02. The summed E-state index contributed by atoms with van der Waals surface area (Å²) in [5.41, 5.74) is 15.2. The molecule has 0 amide bonds. The van der Waals surface area contributed by atoms with Crippen LogP contribution in [0.3, 0.4) is 0 Å². The molecule has 11 rings (SSSR count). The van der Waals surface area contributed by atoms with E-state index in [0.29, 0.717) is 170 Å². The third-order valence-electron chi connectivity index (χ3n) is 19.4. The van der Waals surface area contributed by atoms with Gasteiger partial charge < -0.3 is 62.8 Å². The third kappa shape index (κ3) is 20.3. The maximum Gasteiger partial charge on any atom is 0.264 e. The Bertz CT molecular complexity index is 3880. The summed E-state index contributed by atoms with van der Waals surface area (Å²) in [4.78, 5) is 9.14. The smallest absolute Gasteiger partial charge is 0.264 e. The van der Waals surface area contributed by atoms with Gasteiger partial charge in [-0.2, -0.15) is 21.4 Å². The summed E-state index contributed by atoms with van der Waals surface area (Å²) in [5.74, 6) is 1.63. The number of hydrogen-bond donors (Lipinski definition) is 3. The highest BCUT2D eigenvalue weighted by Crippen LogP contribution is 2.48. The van der Waals surface area contributed by atoms with Gasteiger partial charge >= 0.3 is 0 Å². The lowest BCUT2D eigenvalue weighted by molar-refractivity contribution is -0.438. The zero-order chi connectivity index (χ0) is 70.7. The average molecular weight is 1410 g/mol. The van der Waals surface area contributed by atoms with Crippen molar-refractivity contribution in [1.29, 1.82) is 0 Å². The van der Waals surface area contributed by atoms with E-state index in [2.05, 4.69) is 186 Å². The number of fused-ring (bicyclic) bond motifs is 22. The third-order valence-corrected chi connectivity index (χ3v) is 21.0. The van der Waals surface area contributed by atoms with Crippen LogP contribution in [0.1, 0.15) is 100 Å². The Morgan fingerprint density at radius 2 is 1.12 bits per heavy atom. The van der Waals surface area contributed by atoms with Gasteiger partial charge in [0.2, 0.25) is 5.69 Å². The van der Waals surface area contributed by atoms with Gasteiger partial charge in [-0.15, -0.1) is 0 Å². The molecule has 1 saturated heterocycles. The predicted octanol–water partition coefficient (Wildman–Crippen LogP) is 12.1. The van der Waals surface area contributed by atoms with E-state index >= 15 is 0 Å². The van der Waals surface area contributed by atoms with Gasteiger partial charge in [-0.25, -0.2) is 0 Å². The molecule has 0 radical (unpaired) electrons. The van der Waals surface area contributed by atoms with Crippen LogP contribution in [0.2, 0.25) is 0 Å². The highest BCUT2D eigenvalue weighted by molar-refractivity contribution is 7.86. The van der Waals surface area contributed by atoms with E-state index in [1.807, 2.05) is 12.1 Å². The van der Waals surface area contributed by atoms with E-state index in [1.54, 1.807) is 7.11 Å². The van der Waals surface area contributed by atoms with Gasteiger partial charge in [0.25, 0.3) is 20.2 Å². The molecule has 100 heavy (non-hydrogen) atoms. The van der Waals surface area contributed by atoms with Gasteiger partial charge in [0.1, 0.15) is 43.6 Å². The molecule has 0 saturated carbocycles. The number of anilines is 4. The normalized spacial score (nSPS) is 19.3. The lowest BCUT2D eigenvalue weighted by atomic mass is 9.81. The molecule has 20 nitrogen and oxygen atoms in total. The second-order valence-corrected chi connectivity index (χ2v) is 30.5. The number of rotatable bonds is 21. The van der Waals surface area contributed by atoms with Crippen LogP contribution in [0.15, 0.2) is 150 Å². The van der Waals surface area contributed by atoms with Gasteiger partial charge in [-0.05, 0) is 148 Å². The molecule has 6 aliphatic rings. The van der Waals surface area contributed by atoms with Gasteiger partial charge in [-0.1, -0.05) is 80.6 Å². The minimum Gasteiger partial charge on any atom is -0.490 e. The van der Waals surface area contributed by atoms with Crippen LogP contribution >= 0.6 is 0 Å². The molecule has 5 aromatic carbocycles. The summed E-state index contributed by atoms with van der Waals surface area (Å²) in [5, 5.41) is 4.00. The van der Waals surface area contributed by atoms with E-state index < -0.39 is 20.2 Å². The summed E-state index contributed by atoms with van der Waals surface area (Å²) in [6.45, 7) is 23.4. The van der Waals surface area contributed by atoms with Gasteiger partial charge in [0.05, 0.1) is 107 Å². The van der Waals surface area contributed by atoms with Crippen molar-refractivity contribution >= 4 is 54.4 Å². The molecule has 0 spiro atoms. The first kappa shape index (κ1) is 75.4. The maximum absolute atomic E-state index is 11.8. The van der Waals surface area contributed by atoms with Crippen molar-refractivity contribution in [2.24, 2.45) is 0 Å². The fraction of sp³-hybridized carbons (Fsp3) is 0.500. The second kappa shape index (κ2) is 35.6. The van der Waals surface area contributed by atoms with Crippen molar-refractivity contribution < 1.29 is 68.4 Å². The number of nitrogens with one attached hydrogen (secondary N) is 1. The average Bonchev–Trinajstić information content (AvgIpc) is 1.60. The summed E-state index contributed by atoms with van der Waals surface area (Å²) in [7, 11) is -6.54. The minimum absolute atomic E-state index is 0.296. The van der Waals surface area contributed by atoms with Crippen molar-refractivity contribution in [3.05, 3.63) is 178 Å². The van der Waals surface area contributed by atoms with Crippen LogP contribution < -0.4 is 39.1 Å². The van der Waals surface area contributed by atoms with E-state index in [-0.39, 0.29) is 22.3 Å². The Hall–Kier alpha value is -7.25. The van der Waals surface area contributed by atoms with Gasteiger partial charge in [-0.3, -0.25) is 9.11 Å². The summed E-state index contributed by atoms with van der Waals surface area (Å²) in [6, 6.07) is 35.9. The fourth-order valence-corrected chi connectivity index (χ4v) is 15.3. The van der Waals surface area contributed by atoms with Crippen molar-refractivity contribution in [1.82, 2.24) is 5.32 Å². The van der Waals surface area contributed by atoms with Crippen molar-refractivity contribution in [3.8, 4) is 17.2 Å². The number of para-hydroxylation sites is 2. The molecule has 0 unspecified atom stereocenters. The number of hydrogen-bond acceptors (Lipinski definition) is 17. The zero-order valence-corrected chi connectivity index (χ0v) is 61.3. The lowest BCUT2D eigenvalue weighted by Crippen LogP contribution is -2.34. The number of nitrogens with zero attached hydrogens (tertiary/aromatic N) is 5. The monoisotopic (exact) mass is 1410 g/mol. The molecule has 2 bridgehead atoms. The second-order valence-electron chi connectivity index (χ2n) is 27.3. The van der Waals surface area contributed by atoms with Crippen LogP contribution in [0, 0.1) is 13.8 Å². The highest BCUT2D eigenvalue weighted by Gasteiger charge is 2.44. The van der Waals surface area contributed by atoms with Crippen LogP contribution in [-0.2, 0) is 61.3 Å². The SMILES string of the molecule is COCCOc1cc(CNC2=C(/C=C/C3=[N+](CCCCS(=O)(=O)O)c4ccccc4C3(C)C)CCC/C2=C\C=C2\N(CCCCS(=O)(=O)O)c3ccccc3C2(C)C)ccc1N1CCOc2cc(C)ccc2N2CCOCCOCCN(CCOCCOCC2)c2ccc(C)cc2OCC1. The summed E-state index contributed by atoms with van der Waals surface area (Å²) < 4.78 is 120. The zero-order valence-electron chi connectivity index (χ0n) is 59.7.